The van der Waals surface area contributed by atoms with E-state index < -0.39 is 0 Å². The molecule has 0 heterocycles. The highest BCUT2D eigenvalue weighted by Crippen LogP contribution is 2.12. The summed E-state index contributed by atoms with van der Waals surface area (Å²) in [6.45, 7) is 10.9. The monoisotopic (exact) mass is 214 g/mol. The molecule has 0 rings (SSSR count). The number of amides is 1. The van der Waals surface area contributed by atoms with Gasteiger partial charge in [0.25, 0.3) is 0 Å². The van der Waals surface area contributed by atoms with Crippen LogP contribution in [-0.2, 0) is 4.79 Å². The minimum Gasteiger partial charge on any atom is -0.352 e. The molecule has 0 bridgehead atoms. The van der Waals surface area contributed by atoms with E-state index in [2.05, 4.69) is 31.4 Å². The number of hydrogen-bond donors (Lipinski definition) is 2. The van der Waals surface area contributed by atoms with Crippen LogP contribution in [0.3, 0.4) is 0 Å². The molecular formula is C12H26N2O. The molecule has 2 N–H and O–H groups in total. The summed E-state index contributed by atoms with van der Waals surface area (Å²) in [6, 6.07) is 0.640. The zero-order valence-corrected chi connectivity index (χ0v) is 10.8. The van der Waals surface area contributed by atoms with E-state index in [0.29, 0.717) is 18.5 Å². The molecule has 90 valence electrons. The summed E-state index contributed by atoms with van der Waals surface area (Å²) >= 11 is 0. The van der Waals surface area contributed by atoms with Gasteiger partial charge in [-0.05, 0) is 12.8 Å². The average Bonchev–Trinajstić information content (AvgIpc) is 2.16. The normalized spacial score (nSPS) is 13.3. The Bertz CT molecular complexity index is 176. The van der Waals surface area contributed by atoms with Crippen molar-refractivity contribution in [3.8, 4) is 0 Å². The van der Waals surface area contributed by atoms with Crippen LogP contribution in [0.1, 0.15) is 47.5 Å². The van der Waals surface area contributed by atoms with E-state index in [9.17, 15) is 4.79 Å². The quantitative estimate of drug-likeness (QED) is 0.680. The van der Waals surface area contributed by atoms with Crippen molar-refractivity contribution in [2.75, 3.05) is 6.54 Å². The lowest BCUT2D eigenvalue weighted by molar-refractivity contribution is -0.121. The van der Waals surface area contributed by atoms with Crippen LogP contribution in [-0.4, -0.2) is 24.5 Å². The maximum atomic E-state index is 11.5. The summed E-state index contributed by atoms with van der Waals surface area (Å²) in [5.41, 5.74) is 0. The summed E-state index contributed by atoms with van der Waals surface area (Å²) < 4.78 is 0. The predicted octanol–water partition coefficient (Wildman–Crippen LogP) is 1.93. The fourth-order valence-electron chi connectivity index (χ4n) is 1.72. The van der Waals surface area contributed by atoms with Crippen LogP contribution in [0.4, 0.5) is 0 Å². The summed E-state index contributed by atoms with van der Waals surface area (Å²) in [7, 11) is 0. The highest BCUT2D eigenvalue weighted by molar-refractivity contribution is 5.78. The summed E-state index contributed by atoms with van der Waals surface area (Å²) in [6.07, 6.45) is 2.24. The van der Waals surface area contributed by atoms with Crippen LogP contribution in [0.25, 0.3) is 0 Å². The third kappa shape index (κ3) is 6.50. The molecule has 0 aromatic carbocycles. The minimum absolute atomic E-state index is 0.100. The van der Waals surface area contributed by atoms with Gasteiger partial charge in [-0.2, -0.15) is 0 Å². The molecule has 0 aliphatic heterocycles. The van der Waals surface area contributed by atoms with Gasteiger partial charge < -0.3 is 10.6 Å². The zero-order valence-electron chi connectivity index (χ0n) is 10.8. The minimum atomic E-state index is 0.100. The second-order valence-electron chi connectivity index (χ2n) is 4.47. The lowest BCUT2D eigenvalue weighted by Gasteiger charge is -2.22. The molecule has 3 heteroatoms. The molecule has 3 nitrogen and oxygen atoms in total. The van der Waals surface area contributed by atoms with Crippen LogP contribution >= 0.6 is 0 Å². The third-order valence-corrected chi connectivity index (χ3v) is 2.82. The highest BCUT2D eigenvalue weighted by atomic mass is 16.1. The van der Waals surface area contributed by atoms with Crippen LogP contribution in [0.5, 0.6) is 0 Å². The number of carbonyl (C=O) groups is 1. The van der Waals surface area contributed by atoms with Crippen LogP contribution in [0.2, 0.25) is 0 Å². The summed E-state index contributed by atoms with van der Waals surface area (Å²) in [5, 5.41) is 6.15. The maximum Gasteiger partial charge on any atom is 0.234 e. The lowest BCUT2D eigenvalue weighted by Crippen LogP contribution is -2.43. The second kappa shape index (κ2) is 7.69. The average molecular weight is 214 g/mol. The van der Waals surface area contributed by atoms with Gasteiger partial charge in [0.15, 0.2) is 0 Å². The number of hydrogen-bond acceptors (Lipinski definition) is 2. The largest absolute Gasteiger partial charge is 0.352 e. The Hall–Kier alpha value is -0.570. The first-order chi connectivity index (χ1) is 7.01. The Labute approximate surface area is 94.0 Å². The third-order valence-electron chi connectivity index (χ3n) is 2.82. The van der Waals surface area contributed by atoms with Crippen molar-refractivity contribution >= 4 is 5.91 Å². The molecule has 15 heavy (non-hydrogen) atoms. The highest BCUT2D eigenvalue weighted by Gasteiger charge is 2.15. The van der Waals surface area contributed by atoms with Gasteiger partial charge in [0.1, 0.15) is 0 Å². The van der Waals surface area contributed by atoms with Gasteiger partial charge >= 0.3 is 0 Å². The van der Waals surface area contributed by atoms with Gasteiger partial charge in [0.2, 0.25) is 5.91 Å². The fraction of sp³-hybridized carbons (Fsp3) is 0.917. The van der Waals surface area contributed by atoms with Crippen molar-refractivity contribution in [1.29, 1.82) is 0 Å². The molecule has 0 aliphatic rings. The number of rotatable bonds is 7. The van der Waals surface area contributed by atoms with Crippen molar-refractivity contribution in [2.24, 2.45) is 5.92 Å². The first-order valence-electron chi connectivity index (χ1n) is 6.03. The molecular weight excluding hydrogens is 188 g/mol. The van der Waals surface area contributed by atoms with E-state index in [-0.39, 0.29) is 11.9 Å². The zero-order chi connectivity index (χ0) is 11.8. The van der Waals surface area contributed by atoms with Crippen molar-refractivity contribution in [3.63, 3.8) is 0 Å². The van der Waals surface area contributed by atoms with Crippen molar-refractivity contribution in [2.45, 2.75) is 59.5 Å². The fourth-order valence-corrected chi connectivity index (χ4v) is 1.72. The van der Waals surface area contributed by atoms with Gasteiger partial charge in [-0.25, -0.2) is 0 Å². The topological polar surface area (TPSA) is 41.1 Å². The lowest BCUT2D eigenvalue weighted by atomic mass is 9.95. The molecule has 0 aliphatic carbocycles. The maximum absolute atomic E-state index is 11.5. The number of carbonyl (C=O) groups excluding carboxylic acids is 1. The Morgan fingerprint density at radius 3 is 2.07 bits per heavy atom. The van der Waals surface area contributed by atoms with Crippen molar-refractivity contribution in [1.82, 2.24) is 10.6 Å². The molecule has 1 atom stereocenters. The molecule has 0 radical (unpaired) electrons. The molecule has 0 spiro atoms. The molecule has 1 amide bonds. The van der Waals surface area contributed by atoms with Gasteiger partial charge in [-0.1, -0.05) is 40.5 Å². The molecule has 0 aromatic rings. The number of nitrogens with one attached hydrogen (secondary N) is 2. The van der Waals surface area contributed by atoms with Gasteiger partial charge in [0.05, 0.1) is 6.54 Å². The van der Waals surface area contributed by atoms with Crippen LogP contribution in [0.15, 0.2) is 0 Å². The van der Waals surface area contributed by atoms with E-state index in [1.807, 2.05) is 13.8 Å². The molecule has 0 saturated heterocycles. The summed E-state index contributed by atoms with van der Waals surface area (Å²) in [5.74, 6) is 0.691. The Balaban J connectivity index is 3.84. The molecule has 1 unspecified atom stereocenters. The molecule has 0 saturated carbocycles. The van der Waals surface area contributed by atoms with Crippen LogP contribution in [0, 0.1) is 5.92 Å². The molecule has 0 fully saturated rings. The van der Waals surface area contributed by atoms with Gasteiger partial charge in [0, 0.05) is 12.1 Å². The molecule has 0 aromatic heterocycles. The first-order valence-corrected chi connectivity index (χ1v) is 6.03. The Morgan fingerprint density at radius 2 is 1.67 bits per heavy atom. The SMILES string of the molecule is CCC(CC)C(C)NC(=O)CNC(C)C. The van der Waals surface area contributed by atoms with E-state index in [1.54, 1.807) is 0 Å². The summed E-state index contributed by atoms with van der Waals surface area (Å²) in [4.78, 5) is 11.5. The Morgan fingerprint density at radius 1 is 1.13 bits per heavy atom. The van der Waals surface area contributed by atoms with E-state index in [0.717, 1.165) is 12.8 Å². The predicted molar refractivity (Wildman–Crippen MR) is 64.8 cm³/mol. The van der Waals surface area contributed by atoms with E-state index in [1.165, 1.54) is 0 Å². The second-order valence-corrected chi connectivity index (χ2v) is 4.47. The standard InChI is InChI=1S/C12H26N2O/c1-6-11(7-2)10(5)14-12(15)8-13-9(3)4/h9-11,13H,6-8H2,1-5H3,(H,14,15). The Kier molecular flexibility index (Phi) is 7.39. The smallest absolute Gasteiger partial charge is 0.234 e. The van der Waals surface area contributed by atoms with Crippen molar-refractivity contribution < 1.29 is 4.79 Å². The van der Waals surface area contributed by atoms with E-state index in [4.69, 9.17) is 0 Å². The van der Waals surface area contributed by atoms with Crippen molar-refractivity contribution in [3.05, 3.63) is 0 Å². The van der Waals surface area contributed by atoms with E-state index >= 15 is 0 Å². The van der Waals surface area contributed by atoms with Crippen LogP contribution < -0.4 is 10.6 Å². The van der Waals surface area contributed by atoms with Gasteiger partial charge in [-0.15, -0.1) is 0 Å². The van der Waals surface area contributed by atoms with Gasteiger partial charge in [-0.3, -0.25) is 4.79 Å². The first kappa shape index (κ1) is 14.4.